The van der Waals surface area contributed by atoms with E-state index in [0.29, 0.717) is 12.0 Å². The first-order chi connectivity index (χ1) is 14.7. The van der Waals surface area contributed by atoms with Crippen molar-refractivity contribution in [3.05, 3.63) is 54.7 Å². The lowest BCUT2D eigenvalue weighted by Gasteiger charge is -2.23. The van der Waals surface area contributed by atoms with Gasteiger partial charge in [-0.2, -0.15) is 0 Å². The van der Waals surface area contributed by atoms with Crippen molar-refractivity contribution < 1.29 is 0 Å². The van der Waals surface area contributed by atoms with Crippen molar-refractivity contribution in [3.8, 4) is 11.3 Å². The lowest BCUT2D eigenvalue weighted by molar-refractivity contribution is 0.247. The van der Waals surface area contributed by atoms with Crippen LogP contribution < -0.4 is 4.90 Å². The monoisotopic (exact) mass is 401 g/mol. The van der Waals surface area contributed by atoms with E-state index in [9.17, 15) is 0 Å². The molecule has 1 aromatic heterocycles. The number of likely N-dealkylation sites (N-methyl/N-ethyl adjacent to an activating group) is 1. The Morgan fingerprint density at radius 3 is 2.67 bits per heavy atom. The van der Waals surface area contributed by atoms with Gasteiger partial charge in [-0.1, -0.05) is 36.4 Å². The van der Waals surface area contributed by atoms with Gasteiger partial charge in [0.15, 0.2) is 0 Å². The van der Waals surface area contributed by atoms with Crippen molar-refractivity contribution in [1.29, 1.82) is 0 Å². The molecule has 0 spiro atoms. The van der Waals surface area contributed by atoms with E-state index in [2.05, 4.69) is 76.2 Å². The molecule has 30 heavy (non-hydrogen) atoms. The number of fused-ring (bicyclic) bond motifs is 1. The normalized spacial score (nSPS) is 22.4. The highest BCUT2D eigenvalue weighted by molar-refractivity contribution is 5.86. The third-order valence-corrected chi connectivity index (χ3v) is 6.75. The topological polar surface area (TPSA) is 35.5 Å². The lowest BCUT2D eigenvalue weighted by atomic mass is 10.1. The maximum Gasteiger partial charge on any atom is 0.225 e. The van der Waals surface area contributed by atoms with Crippen LogP contribution in [0, 0.1) is 5.92 Å². The molecule has 2 atom stereocenters. The van der Waals surface area contributed by atoms with Crippen molar-refractivity contribution in [3.63, 3.8) is 0 Å². The van der Waals surface area contributed by atoms with Gasteiger partial charge >= 0.3 is 0 Å². The average molecular weight is 402 g/mol. The van der Waals surface area contributed by atoms with E-state index < -0.39 is 0 Å². The molecule has 5 rings (SSSR count). The van der Waals surface area contributed by atoms with E-state index in [1.807, 2.05) is 12.3 Å². The van der Waals surface area contributed by atoms with Gasteiger partial charge in [0.05, 0.1) is 5.69 Å². The molecule has 0 unspecified atom stereocenters. The Bertz CT molecular complexity index is 1020. The number of nitrogens with zero attached hydrogens (tertiary/aromatic N) is 5. The van der Waals surface area contributed by atoms with Crippen LogP contribution in [-0.4, -0.2) is 72.6 Å². The largest absolute Gasteiger partial charge is 0.340 e. The smallest absolute Gasteiger partial charge is 0.225 e. The molecule has 0 amide bonds. The maximum absolute atomic E-state index is 4.93. The number of hydrogen-bond donors (Lipinski definition) is 0. The zero-order chi connectivity index (χ0) is 20.5. The molecular weight excluding hydrogens is 370 g/mol. The van der Waals surface area contributed by atoms with E-state index in [4.69, 9.17) is 4.98 Å². The molecule has 3 aromatic rings. The molecule has 2 aromatic carbocycles. The Hall–Kier alpha value is -2.50. The molecule has 2 aliphatic heterocycles. The predicted octanol–water partition coefficient (Wildman–Crippen LogP) is 3.76. The zero-order valence-corrected chi connectivity index (χ0v) is 18.0. The van der Waals surface area contributed by atoms with Crippen LogP contribution >= 0.6 is 0 Å². The average Bonchev–Trinajstić information content (AvgIpc) is 3.44. The molecule has 3 heterocycles. The van der Waals surface area contributed by atoms with Gasteiger partial charge in [0.2, 0.25) is 5.95 Å². The summed E-state index contributed by atoms with van der Waals surface area (Å²) in [4.78, 5) is 16.9. The summed E-state index contributed by atoms with van der Waals surface area (Å²) in [6.07, 6.45) is 4.43. The third-order valence-electron chi connectivity index (χ3n) is 6.75. The highest BCUT2D eigenvalue weighted by Crippen LogP contribution is 2.27. The standard InChI is InChI=1S/C25H31N5/c1-28(2)23-11-13-29(18-23)16-19-10-14-30(17-19)25-26-12-9-24(27-25)22-8-7-20-5-3-4-6-21(20)15-22/h3-9,12,15,19,23H,10-11,13-14,16-18H2,1-2H3/t19-,23-/m1/s1. The zero-order valence-electron chi connectivity index (χ0n) is 18.0. The summed E-state index contributed by atoms with van der Waals surface area (Å²) < 4.78 is 0. The fraction of sp³-hybridized carbons (Fsp3) is 0.440. The summed E-state index contributed by atoms with van der Waals surface area (Å²) in [5.74, 6) is 1.58. The SMILES string of the molecule is CN(C)[C@@H]1CCN(C[C@H]2CCN(c3nccc(-c4ccc5ccccc5c4)n3)C2)C1. The summed E-state index contributed by atoms with van der Waals surface area (Å²) in [6, 6.07) is 17.8. The van der Waals surface area contributed by atoms with Crippen molar-refractivity contribution in [2.75, 3.05) is 51.7 Å². The first-order valence-corrected chi connectivity index (χ1v) is 11.1. The van der Waals surface area contributed by atoms with Crippen LogP contribution in [0.15, 0.2) is 54.7 Å². The molecular formula is C25H31N5. The summed E-state index contributed by atoms with van der Waals surface area (Å²) in [5, 5.41) is 2.51. The first-order valence-electron chi connectivity index (χ1n) is 11.1. The van der Waals surface area contributed by atoms with Crippen LogP contribution in [0.3, 0.4) is 0 Å². The van der Waals surface area contributed by atoms with Crippen LogP contribution in [0.2, 0.25) is 0 Å². The Morgan fingerprint density at radius 2 is 1.83 bits per heavy atom. The minimum Gasteiger partial charge on any atom is -0.340 e. The molecule has 0 aliphatic carbocycles. The highest BCUT2D eigenvalue weighted by Gasteiger charge is 2.30. The Kier molecular flexibility index (Phi) is 5.40. The number of aromatic nitrogens is 2. The van der Waals surface area contributed by atoms with E-state index >= 15 is 0 Å². The molecule has 2 fully saturated rings. The molecule has 5 heteroatoms. The minimum absolute atomic E-state index is 0.707. The fourth-order valence-corrected chi connectivity index (χ4v) is 4.94. The van der Waals surface area contributed by atoms with Crippen molar-refractivity contribution in [2.24, 2.45) is 5.92 Å². The Balaban J connectivity index is 1.26. The van der Waals surface area contributed by atoms with Crippen molar-refractivity contribution in [1.82, 2.24) is 19.8 Å². The molecule has 2 saturated heterocycles. The van der Waals surface area contributed by atoms with Gasteiger partial charge in [-0.25, -0.2) is 9.97 Å². The molecule has 0 radical (unpaired) electrons. The van der Waals surface area contributed by atoms with Gasteiger partial charge in [-0.05, 0) is 62.3 Å². The summed E-state index contributed by atoms with van der Waals surface area (Å²) in [6.45, 7) is 5.75. The molecule has 0 N–H and O–H groups in total. The van der Waals surface area contributed by atoms with E-state index in [0.717, 1.165) is 30.3 Å². The van der Waals surface area contributed by atoms with Crippen LogP contribution in [0.5, 0.6) is 0 Å². The van der Waals surface area contributed by atoms with E-state index in [1.165, 1.54) is 43.2 Å². The minimum atomic E-state index is 0.707. The number of rotatable bonds is 5. The van der Waals surface area contributed by atoms with Gasteiger partial charge in [-0.15, -0.1) is 0 Å². The quantitative estimate of drug-likeness (QED) is 0.651. The van der Waals surface area contributed by atoms with Gasteiger partial charge in [0.1, 0.15) is 0 Å². The number of benzene rings is 2. The number of hydrogen-bond acceptors (Lipinski definition) is 5. The second-order valence-electron chi connectivity index (χ2n) is 9.07. The van der Waals surface area contributed by atoms with Crippen molar-refractivity contribution >= 4 is 16.7 Å². The fourth-order valence-electron chi connectivity index (χ4n) is 4.94. The molecule has 156 valence electrons. The highest BCUT2D eigenvalue weighted by atomic mass is 15.3. The third kappa shape index (κ3) is 4.05. The van der Waals surface area contributed by atoms with Crippen molar-refractivity contribution in [2.45, 2.75) is 18.9 Å². The summed E-state index contributed by atoms with van der Waals surface area (Å²) >= 11 is 0. The number of anilines is 1. The van der Waals surface area contributed by atoms with Crippen LogP contribution in [-0.2, 0) is 0 Å². The summed E-state index contributed by atoms with van der Waals surface area (Å²) in [5.41, 5.74) is 2.16. The van der Waals surface area contributed by atoms with E-state index in [1.54, 1.807) is 0 Å². The maximum atomic E-state index is 4.93. The molecule has 2 aliphatic rings. The Morgan fingerprint density at radius 1 is 0.967 bits per heavy atom. The van der Waals surface area contributed by atoms with E-state index in [-0.39, 0.29) is 0 Å². The molecule has 5 nitrogen and oxygen atoms in total. The predicted molar refractivity (Wildman–Crippen MR) is 124 cm³/mol. The van der Waals surface area contributed by atoms with Crippen LogP contribution in [0.4, 0.5) is 5.95 Å². The van der Waals surface area contributed by atoms with Gasteiger partial charge in [-0.3, -0.25) is 0 Å². The van der Waals surface area contributed by atoms with Crippen LogP contribution in [0.25, 0.3) is 22.0 Å². The van der Waals surface area contributed by atoms with Gasteiger partial charge < -0.3 is 14.7 Å². The second-order valence-corrected chi connectivity index (χ2v) is 9.07. The van der Waals surface area contributed by atoms with Gasteiger partial charge in [0, 0.05) is 44.0 Å². The lowest BCUT2D eigenvalue weighted by Crippen LogP contribution is -2.34. The Labute approximate surface area is 179 Å². The second kappa shape index (κ2) is 8.32. The number of likely N-dealkylation sites (tertiary alicyclic amines) is 1. The van der Waals surface area contributed by atoms with Gasteiger partial charge in [0.25, 0.3) is 0 Å². The first kappa shape index (κ1) is 19.5. The van der Waals surface area contributed by atoms with Crippen LogP contribution in [0.1, 0.15) is 12.8 Å². The molecule has 0 bridgehead atoms. The molecule has 0 saturated carbocycles. The summed E-state index contributed by atoms with van der Waals surface area (Å²) in [7, 11) is 4.40.